The summed E-state index contributed by atoms with van der Waals surface area (Å²) in [6.45, 7) is 1.66. The molecular formula is C10H12N4O2S. The van der Waals surface area contributed by atoms with Gasteiger partial charge in [0.05, 0.1) is 6.54 Å². The van der Waals surface area contributed by atoms with E-state index in [1.54, 1.807) is 17.0 Å². The van der Waals surface area contributed by atoms with Crippen molar-refractivity contribution in [3.8, 4) is 0 Å². The monoisotopic (exact) mass is 252 g/mol. The molecule has 17 heavy (non-hydrogen) atoms. The Balaban J connectivity index is 2.03. The van der Waals surface area contributed by atoms with Gasteiger partial charge in [0, 0.05) is 29.5 Å². The normalized spacial score (nSPS) is 15.4. The first kappa shape index (κ1) is 11.9. The van der Waals surface area contributed by atoms with Crippen molar-refractivity contribution < 1.29 is 9.21 Å². The van der Waals surface area contributed by atoms with Crippen LogP contribution < -0.4 is 0 Å². The molecule has 6 nitrogen and oxygen atoms in total. The smallest absolute Gasteiger partial charge is 0.289 e. The Morgan fingerprint density at radius 2 is 2.29 bits per heavy atom. The number of azide groups is 1. The highest BCUT2D eigenvalue weighted by Gasteiger charge is 2.20. The lowest BCUT2D eigenvalue weighted by Crippen LogP contribution is -2.37. The van der Waals surface area contributed by atoms with Gasteiger partial charge < -0.3 is 9.32 Å². The summed E-state index contributed by atoms with van der Waals surface area (Å²) in [5.74, 6) is 2.69. The molecule has 1 aliphatic rings. The third-order valence-corrected chi connectivity index (χ3v) is 3.40. The minimum atomic E-state index is -0.0857. The number of thioether (sulfide) groups is 1. The van der Waals surface area contributed by atoms with Crippen molar-refractivity contribution in [3.05, 3.63) is 34.1 Å². The average Bonchev–Trinajstić information content (AvgIpc) is 2.85. The zero-order valence-corrected chi connectivity index (χ0v) is 10.0. The van der Waals surface area contributed by atoms with Gasteiger partial charge in [-0.1, -0.05) is 5.11 Å². The molecule has 0 radical (unpaired) electrons. The molecule has 2 rings (SSSR count). The van der Waals surface area contributed by atoms with Crippen LogP contribution in [-0.4, -0.2) is 35.4 Å². The largest absolute Gasteiger partial charge is 0.456 e. The Hall–Kier alpha value is -1.59. The molecule has 90 valence electrons. The summed E-state index contributed by atoms with van der Waals surface area (Å²) in [6.07, 6.45) is 0. The number of rotatable bonds is 3. The minimum absolute atomic E-state index is 0.0857. The molecule has 0 aromatic carbocycles. The standard InChI is InChI=1S/C10H12N4O2S/c11-13-12-7-8-1-2-9(16-8)10(15)14-3-5-17-6-4-14/h1-2H,3-7H2. The number of furan rings is 1. The summed E-state index contributed by atoms with van der Waals surface area (Å²) in [4.78, 5) is 16.4. The first-order chi connectivity index (χ1) is 8.31. The maximum Gasteiger partial charge on any atom is 0.289 e. The quantitative estimate of drug-likeness (QED) is 0.470. The second kappa shape index (κ2) is 5.65. The Morgan fingerprint density at radius 1 is 1.53 bits per heavy atom. The summed E-state index contributed by atoms with van der Waals surface area (Å²) >= 11 is 1.85. The summed E-state index contributed by atoms with van der Waals surface area (Å²) in [5.41, 5.74) is 8.19. The summed E-state index contributed by atoms with van der Waals surface area (Å²) in [7, 11) is 0. The van der Waals surface area contributed by atoms with Gasteiger partial charge in [0.2, 0.25) is 0 Å². The second-order valence-corrected chi connectivity index (χ2v) is 4.78. The molecule has 0 atom stereocenters. The Labute approximate surface area is 103 Å². The molecule has 2 heterocycles. The lowest BCUT2D eigenvalue weighted by Gasteiger charge is -2.25. The van der Waals surface area contributed by atoms with Crippen LogP contribution in [0.1, 0.15) is 16.3 Å². The van der Waals surface area contributed by atoms with E-state index in [4.69, 9.17) is 9.95 Å². The molecule has 1 amide bonds. The van der Waals surface area contributed by atoms with Gasteiger partial charge >= 0.3 is 0 Å². The molecule has 1 aliphatic heterocycles. The number of hydrogen-bond acceptors (Lipinski definition) is 4. The van der Waals surface area contributed by atoms with Gasteiger partial charge in [-0.25, -0.2) is 0 Å². The van der Waals surface area contributed by atoms with Crippen molar-refractivity contribution >= 4 is 17.7 Å². The third-order valence-electron chi connectivity index (χ3n) is 2.46. The lowest BCUT2D eigenvalue weighted by molar-refractivity contribution is 0.0738. The van der Waals surface area contributed by atoms with Crippen LogP contribution in [0, 0.1) is 0 Å². The van der Waals surface area contributed by atoms with Crippen LogP contribution in [0.25, 0.3) is 10.4 Å². The third kappa shape index (κ3) is 2.95. The molecule has 1 aromatic rings. The number of carbonyl (C=O) groups excluding carboxylic acids is 1. The molecule has 1 fully saturated rings. The molecule has 0 N–H and O–H groups in total. The van der Waals surface area contributed by atoms with Gasteiger partial charge in [0.1, 0.15) is 5.76 Å². The molecule has 1 aromatic heterocycles. The molecule has 7 heteroatoms. The summed E-state index contributed by atoms with van der Waals surface area (Å²) in [6, 6.07) is 3.30. The van der Waals surface area contributed by atoms with Crippen LogP contribution in [0.4, 0.5) is 0 Å². The van der Waals surface area contributed by atoms with Gasteiger partial charge in [0.15, 0.2) is 5.76 Å². The zero-order valence-electron chi connectivity index (χ0n) is 9.20. The molecule has 1 saturated heterocycles. The summed E-state index contributed by atoms with van der Waals surface area (Å²) < 4.78 is 5.34. The maximum absolute atomic E-state index is 12.0. The van der Waals surface area contributed by atoms with E-state index >= 15 is 0 Å². The average molecular weight is 252 g/mol. The van der Waals surface area contributed by atoms with E-state index in [1.807, 2.05) is 11.8 Å². The first-order valence-corrected chi connectivity index (χ1v) is 6.43. The molecule has 0 unspecified atom stereocenters. The predicted molar refractivity (Wildman–Crippen MR) is 64.8 cm³/mol. The van der Waals surface area contributed by atoms with Crippen LogP contribution in [0.3, 0.4) is 0 Å². The van der Waals surface area contributed by atoms with Gasteiger partial charge in [0.25, 0.3) is 5.91 Å². The molecule has 0 spiro atoms. The van der Waals surface area contributed by atoms with Crippen molar-refractivity contribution in [1.29, 1.82) is 0 Å². The van der Waals surface area contributed by atoms with E-state index in [0.29, 0.717) is 11.5 Å². The lowest BCUT2D eigenvalue weighted by atomic mass is 10.3. The van der Waals surface area contributed by atoms with Gasteiger partial charge in [-0.15, -0.1) is 0 Å². The van der Waals surface area contributed by atoms with Crippen molar-refractivity contribution in [3.63, 3.8) is 0 Å². The van der Waals surface area contributed by atoms with Crippen LogP contribution in [-0.2, 0) is 6.54 Å². The minimum Gasteiger partial charge on any atom is -0.456 e. The van der Waals surface area contributed by atoms with Crippen molar-refractivity contribution in [1.82, 2.24) is 4.90 Å². The highest BCUT2D eigenvalue weighted by Crippen LogP contribution is 2.15. The Bertz CT molecular complexity index is 447. The molecule has 0 bridgehead atoms. The van der Waals surface area contributed by atoms with Gasteiger partial charge in [-0.05, 0) is 17.7 Å². The SMILES string of the molecule is [N-]=[N+]=NCc1ccc(C(=O)N2CCSCC2)o1. The van der Waals surface area contributed by atoms with Crippen molar-refractivity contribution in [2.75, 3.05) is 24.6 Å². The fraction of sp³-hybridized carbons (Fsp3) is 0.500. The fourth-order valence-electron chi connectivity index (χ4n) is 1.60. The number of carbonyl (C=O) groups is 1. The molecular weight excluding hydrogens is 240 g/mol. The van der Waals surface area contributed by atoms with Crippen LogP contribution in [0.5, 0.6) is 0 Å². The van der Waals surface area contributed by atoms with E-state index < -0.39 is 0 Å². The van der Waals surface area contributed by atoms with Crippen LogP contribution >= 0.6 is 11.8 Å². The Kier molecular flexibility index (Phi) is 3.95. The fourth-order valence-corrected chi connectivity index (χ4v) is 2.50. The topological polar surface area (TPSA) is 82.2 Å². The van der Waals surface area contributed by atoms with E-state index in [1.165, 1.54) is 0 Å². The van der Waals surface area contributed by atoms with Crippen LogP contribution in [0.2, 0.25) is 0 Å². The van der Waals surface area contributed by atoms with E-state index in [0.717, 1.165) is 24.6 Å². The van der Waals surface area contributed by atoms with Crippen LogP contribution in [0.15, 0.2) is 21.7 Å². The molecule has 0 saturated carbocycles. The second-order valence-electron chi connectivity index (χ2n) is 3.56. The van der Waals surface area contributed by atoms with E-state index in [9.17, 15) is 4.79 Å². The predicted octanol–water partition coefficient (Wildman–Crippen LogP) is 2.28. The van der Waals surface area contributed by atoms with E-state index in [-0.39, 0.29) is 12.5 Å². The highest BCUT2D eigenvalue weighted by atomic mass is 32.2. The Morgan fingerprint density at radius 3 is 3.00 bits per heavy atom. The van der Waals surface area contributed by atoms with E-state index in [2.05, 4.69) is 10.0 Å². The van der Waals surface area contributed by atoms with Crippen molar-refractivity contribution in [2.45, 2.75) is 6.54 Å². The number of hydrogen-bond donors (Lipinski definition) is 0. The highest BCUT2D eigenvalue weighted by molar-refractivity contribution is 7.99. The van der Waals surface area contributed by atoms with Gasteiger partial charge in [-0.2, -0.15) is 11.8 Å². The number of nitrogens with zero attached hydrogens (tertiary/aromatic N) is 4. The van der Waals surface area contributed by atoms with Gasteiger partial charge in [-0.3, -0.25) is 4.79 Å². The zero-order chi connectivity index (χ0) is 12.1. The molecule has 0 aliphatic carbocycles. The first-order valence-electron chi connectivity index (χ1n) is 5.28. The summed E-state index contributed by atoms with van der Waals surface area (Å²) in [5, 5.41) is 3.39. The maximum atomic E-state index is 12.0. The van der Waals surface area contributed by atoms with Crippen molar-refractivity contribution in [2.24, 2.45) is 5.11 Å². The number of amides is 1.